The van der Waals surface area contributed by atoms with Gasteiger partial charge in [-0.1, -0.05) is 34.5 Å². The van der Waals surface area contributed by atoms with Crippen molar-refractivity contribution >= 4 is 33.2 Å². The minimum absolute atomic E-state index is 0.702. The van der Waals surface area contributed by atoms with E-state index >= 15 is 0 Å². The molecule has 1 aliphatic carbocycles. The van der Waals surface area contributed by atoms with Crippen LogP contribution in [0.1, 0.15) is 24.3 Å². The first-order valence-corrected chi connectivity index (χ1v) is 7.74. The van der Waals surface area contributed by atoms with E-state index in [-0.39, 0.29) is 0 Å². The highest BCUT2D eigenvalue weighted by Crippen LogP contribution is 2.45. The molecule has 1 heterocycles. The van der Waals surface area contributed by atoms with Crippen LogP contribution in [0.4, 0.5) is 0 Å². The number of hydrogen-bond acceptors (Lipinski definition) is 3. The summed E-state index contributed by atoms with van der Waals surface area (Å²) in [6.45, 7) is 0. The van der Waals surface area contributed by atoms with E-state index in [0.717, 1.165) is 27.2 Å². The smallest absolute Gasteiger partial charge is 0.316 e. The Balaban J connectivity index is 1.98. The molecule has 1 aromatic carbocycles. The van der Waals surface area contributed by atoms with Crippen LogP contribution in [-0.2, 0) is 10.2 Å². The number of benzene rings is 1. The Morgan fingerprint density at radius 3 is 2.79 bits per heavy atom. The van der Waals surface area contributed by atoms with Crippen molar-refractivity contribution in [2.24, 2.45) is 0 Å². The van der Waals surface area contributed by atoms with Gasteiger partial charge in [0.25, 0.3) is 0 Å². The number of nitrogens with zero attached hydrogens (tertiary/aromatic N) is 1. The van der Waals surface area contributed by atoms with Crippen molar-refractivity contribution in [2.75, 3.05) is 0 Å². The summed E-state index contributed by atoms with van der Waals surface area (Å²) < 4.78 is 0.996. The summed E-state index contributed by atoms with van der Waals surface area (Å²) in [5.74, 6) is -0.742. The molecule has 5 heteroatoms. The molecule has 3 rings (SSSR count). The molecular weight excluding hydrogens is 326 g/mol. The van der Waals surface area contributed by atoms with Crippen molar-refractivity contribution < 1.29 is 9.90 Å². The Kier molecular flexibility index (Phi) is 3.19. The van der Waals surface area contributed by atoms with E-state index in [0.29, 0.717) is 12.8 Å². The van der Waals surface area contributed by atoms with Crippen LogP contribution in [0.15, 0.2) is 34.1 Å². The average molecular weight is 338 g/mol. The predicted molar refractivity (Wildman–Crippen MR) is 78.4 cm³/mol. The second kappa shape index (κ2) is 4.72. The number of carboxylic acids is 1. The SMILES string of the molecule is O=C(O)C1(c2nc(-c3cccc(Br)c3)cs2)CCC1. The van der Waals surface area contributed by atoms with Gasteiger partial charge in [0.15, 0.2) is 0 Å². The van der Waals surface area contributed by atoms with Gasteiger partial charge in [-0.3, -0.25) is 4.79 Å². The summed E-state index contributed by atoms with van der Waals surface area (Å²) in [5, 5.41) is 12.1. The van der Waals surface area contributed by atoms with E-state index in [4.69, 9.17) is 0 Å². The predicted octanol–water partition coefficient (Wildman–Crippen LogP) is 4.08. The number of rotatable bonds is 3. The van der Waals surface area contributed by atoms with Gasteiger partial charge in [0.2, 0.25) is 0 Å². The molecule has 1 aliphatic rings. The highest BCUT2D eigenvalue weighted by Gasteiger charge is 2.48. The lowest BCUT2D eigenvalue weighted by Crippen LogP contribution is -2.42. The highest BCUT2D eigenvalue weighted by molar-refractivity contribution is 9.10. The molecule has 1 fully saturated rings. The van der Waals surface area contributed by atoms with Crippen LogP contribution in [0, 0.1) is 0 Å². The second-order valence-corrected chi connectivity index (χ2v) is 6.56. The van der Waals surface area contributed by atoms with Crippen LogP contribution >= 0.6 is 27.3 Å². The van der Waals surface area contributed by atoms with Gasteiger partial charge in [-0.15, -0.1) is 11.3 Å². The molecule has 0 unspecified atom stereocenters. The van der Waals surface area contributed by atoms with E-state index in [1.54, 1.807) is 0 Å². The van der Waals surface area contributed by atoms with E-state index in [2.05, 4.69) is 20.9 Å². The minimum atomic E-state index is -0.742. The average Bonchev–Trinajstić information content (AvgIpc) is 2.76. The quantitative estimate of drug-likeness (QED) is 0.917. The van der Waals surface area contributed by atoms with Gasteiger partial charge in [-0.25, -0.2) is 4.98 Å². The summed E-state index contributed by atoms with van der Waals surface area (Å²) in [4.78, 5) is 16.0. The fraction of sp³-hybridized carbons (Fsp3) is 0.286. The van der Waals surface area contributed by atoms with Gasteiger partial charge in [-0.05, 0) is 25.0 Å². The molecule has 2 aromatic rings. The zero-order valence-corrected chi connectivity index (χ0v) is 12.5. The molecule has 0 aliphatic heterocycles. The molecule has 1 aromatic heterocycles. The molecule has 0 spiro atoms. The van der Waals surface area contributed by atoms with Crippen LogP contribution in [0.5, 0.6) is 0 Å². The standard InChI is InChI=1S/C14H12BrNO2S/c15-10-4-1-3-9(7-10)11-8-19-12(16-11)14(13(17)18)5-2-6-14/h1,3-4,7-8H,2,5-6H2,(H,17,18). The summed E-state index contributed by atoms with van der Waals surface area (Å²) >= 11 is 4.89. The molecule has 0 radical (unpaired) electrons. The molecular formula is C14H12BrNO2S. The van der Waals surface area contributed by atoms with Crippen molar-refractivity contribution in [1.29, 1.82) is 0 Å². The van der Waals surface area contributed by atoms with Crippen molar-refractivity contribution in [3.05, 3.63) is 39.1 Å². The van der Waals surface area contributed by atoms with E-state index < -0.39 is 11.4 Å². The molecule has 1 N–H and O–H groups in total. The third kappa shape index (κ3) is 2.11. The molecule has 98 valence electrons. The monoisotopic (exact) mass is 337 g/mol. The zero-order valence-electron chi connectivity index (χ0n) is 10.1. The molecule has 0 atom stereocenters. The normalized spacial score (nSPS) is 16.9. The van der Waals surface area contributed by atoms with E-state index in [9.17, 15) is 9.90 Å². The van der Waals surface area contributed by atoms with Gasteiger partial charge < -0.3 is 5.11 Å². The second-order valence-electron chi connectivity index (χ2n) is 4.79. The number of hydrogen-bond donors (Lipinski definition) is 1. The molecule has 0 amide bonds. The maximum absolute atomic E-state index is 11.5. The van der Waals surface area contributed by atoms with Crippen LogP contribution in [0.25, 0.3) is 11.3 Å². The Morgan fingerprint density at radius 1 is 1.42 bits per heavy atom. The van der Waals surface area contributed by atoms with Gasteiger partial charge in [0.05, 0.1) is 5.69 Å². The van der Waals surface area contributed by atoms with Crippen molar-refractivity contribution in [1.82, 2.24) is 4.98 Å². The van der Waals surface area contributed by atoms with Crippen LogP contribution < -0.4 is 0 Å². The number of aromatic nitrogens is 1. The minimum Gasteiger partial charge on any atom is -0.481 e. The lowest BCUT2D eigenvalue weighted by molar-refractivity contribution is -0.147. The summed E-state index contributed by atoms with van der Waals surface area (Å²) in [7, 11) is 0. The maximum Gasteiger partial charge on any atom is 0.316 e. The summed E-state index contributed by atoms with van der Waals surface area (Å²) in [6.07, 6.45) is 2.37. The van der Waals surface area contributed by atoms with Crippen molar-refractivity contribution in [3.8, 4) is 11.3 Å². The molecule has 3 nitrogen and oxygen atoms in total. The van der Waals surface area contributed by atoms with Crippen molar-refractivity contribution in [3.63, 3.8) is 0 Å². The van der Waals surface area contributed by atoms with E-state index in [1.165, 1.54) is 11.3 Å². The molecule has 19 heavy (non-hydrogen) atoms. The van der Waals surface area contributed by atoms with Crippen LogP contribution in [0.3, 0.4) is 0 Å². The van der Waals surface area contributed by atoms with Crippen molar-refractivity contribution in [2.45, 2.75) is 24.7 Å². The maximum atomic E-state index is 11.5. The topological polar surface area (TPSA) is 50.2 Å². The zero-order chi connectivity index (χ0) is 13.5. The molecule has 0 bridgehead atoms. The number of carboxylic acid groups (broad SMARTS) is 1. The Labute approximate surface area is 123 Å². The summed E-state index contributed by atoms with van der Waals surface area (Å²) in [6, 6.07) is 7.89. The molecule has 0 saturated heterocycles. The Bertz CT molecular complexity index is 634. The van der Waals surface area contributed by atoms with Gasteiger partial charge in [0.1, 0.15) is 10.4 Å². The summed E-state index contributed by atoms with van der Waals surface area (Å²) in [5.41, 5.74) is 1.14. The third-order valence-electron chi connectivity index (χ3n) is 3.65. The number of carbonyl (C=O) groups is 1. The first-order chi connectivity index (χ1) is 9.12. The van der Waals surface area contributed by atoms with E-state index in [1.807, 2.05) is 29.6 Å². The Morgan fingerprint density at radius 2 is 2.21 bits per heavy atom. The highest BCUT2D eigenvalue weighted by atomic mass is 79.9. The first kappa shape index (κ1) is 12.8. The lowest BCUT2D eigenvalue weighted by Gasteiger charge is -2.35. The number of aliphatic carboxylic acids is 1. The fourth-order valence-electron chi connectivity index (χ4n) is 2.32. The third-order valence-corrected chi connectivity index (χ3v) is 5.19. The lowest BCUT2D eigenvalue weighted by atomic mass is 9.69. The number of halogens is 1. The molecule has 1 saturated carbocycles. The van der Waals surface area contributed by atoms with Gasteiger partial charge >= 0.3 is 5.97 Å². The van der Waals surface area contributed by atoms with Crippen LogP contribution in [-0.4, -0.2) is 16.1 Å². The number of thiazole rings is 1. The van der Waals surface area contributed by atoms with Crippen LogP contribution in [0.2, 0.25) is 0 Å². The largest absolute Gasteiger partial charge is 0.481 e. The Hall–Kier alpha value is -1.20. The van der Waals surface area contributed by atoms with Gasteiger partial charge in [0, 0.05) is 15.4 Å². The van der Waals surface area contributed by atoms with Gasteiger partial charge in [-0.2, -0.15) is 0 Å². The fourth-order valence-corrected chi connectivity index (χ4v) is 3.80. The first-order valence-electron chi connectivity index (χ1n) is 6.07.